The largest absolute Gasteiger partial charge is 0.273 e. The molecule has 0 aromatic heterocycles. The summed E-state index contributed by atoms with van der Waals surface area (Å²) in [7, 11) is 0. The number of fused-ring (bicyclic) bond motifs is 3. The summed E-state index contributed by atoms with van der Waals surface area (Å²) >= 11 is 1.22. The fourth-order valence-corrected chi connectivity index (χ4v) is 7.98. The molecule has 6 rings (SSSR count). The zero-order chi connectivity index (χ0) is 33.6. The molecule has 4 aromatic carbocycles. The van der Waals surface area contributed by atoms with Gasteiger partial charge in [0.2, 0.25) is 0 Å². The van der Waals surface area contributed by atoms with Crippen LogP contribution in [0.2, 0.25) is 0 Å². The Balaban J connectivity index is 0.000000281. The molecule has 1 saturated carbocycles. The van der Waals surface area contributed by atoms with E-state index >= 15 is 0 Å². The van der Waals surface area contributed by atoms with E-state index in [9.17, 15) is 0 Å². The summed E-state index contributed by atoms with van der Waals surface area (Å²) in [6.07, 6.45) is 17.2. The molecule has 48 heavy (non-hydrogen) atoms. The molecule has 0 nitrogen and oxygen atoms in total. The number of allylic oxidation sites excluding steroid dienone is 4. The predicted octanol–water partition coefficient (Wildman–Crippen LogP) is 14.0. The standard InChI is InChI=1S/C21H25.C19H28.C5H5.2ClH.Hf/c1-20(2,3)16-7-9-18-14(12-16)11-15-13-17(21(4,5)6)8-10-19(15)18;1-14(2)18-11-17(12-19(13-18)15(3)4)10-16-8-6-5-7-9-16;1-2-4-5-3-1;;;/h7-13H,1-6H3;11-16H,5-9H2,1-4H3;1-3H,4H2;2*1H;/q-1;;-1;;;+2. The molecule has 1 fully saturated rings. The summed E-state index contributed by atoms with van der Waals surface area (Å²) in [4.78, 5) is 0. The van der Waals surface area contributed by atoms with Crippen LogP contribution in [0.3, 0.4) is 0 Å². The smallest absolute Gasteiger partial charge is 0.109 e. The molecule has 0 aliphatic heterocycles. The van der Waals surface area contributed by atoms with E-state index in [1.165, 1.54) is 99.8 Å². The second-order valence-electron chi connectivity index (χ2n) is 16.2. The Kier molecular flexibility index (Phi) is 16.4. The number of hydrogen-bond donors (Lipinski definition) is 0. The van der Waals surface area contributed by atoms with Gasteiger partial charge in [-0.15, -0.1) is 71.0 Å². The zero-order valence-corrected chi connectivity index (χ0v) is 36.5. The fraction of sp³-hybridized carbons (Fsp3) is 0.467. The van der Waals surface area contributed by atoms with Gasteiger partial charge in [0.05, 0.1) is 0 Å². The maximum atomic E-state index is 2.99. The van der Waals surface area contributed by atoms with Crippen LogP contribution in [0, 0.1) is 12.0 Å². The van der Waals surface area contributed by atoms with Crippen molar-refractivity contribution in [3.8, 4) is 0 Å². The van der Waals surface area contributed by atoms with Gasteiger partial charge in [-0.2, -0.15) is 6.08 Å². The van der Waals surface area contributed by atoms with Crippen LogP contribution in [0.15, 0.2) is 78.9 Å². The number of halogens is 2. The van der Waals surface area contributed by atoms with Crippen molar-refractivity contribution in [2.75, 3.05) is 0 Å². The van der Waals surface area contributed by atoms with Gasteiger partial charge in [0.1, 0.15) is 0 Å². The molecule has 0 unspecified atom stereocenters. The van der Waals surface area contributed by atoms with Crippen LogP contribution >= 0.6 is 24.8 Å². The molecule has 0 saturated heterocycles. The minimum Gasteiger partial charge on any atom is -0.273 e. The first-order valence-corrected chi connectivity index (χ1v) is 19.5. The normalized spacial score (nSPS) is 14.7. The summed E-state index contributed by atoms with van der Waals surface area (Å²) in [5, 5.41) is 5.48. The first-order valence-electron chi connectivity index (χ1n) is 17.7. The van der Waals surface area contributed by atoms with E-state index in [4.69, 9.17) is 0 Å². The van der Waals surface area contributed by atoms with Crippen molar-refractivity contribution >= 4 is 49.6 Å². The molecule has 2 aliphatic carbocycles. The van der Waals surface area contributed by atoms with E-state index in [1.807, 2.05) is 12.2 Å². The van der Waals surface area contributed by atoms with E-state index in [-0.39, 0.29) is 35.6 Å². The molecular formula is C45H60Cl2Hf. The minimum atomic E-state index is 0. The van der Waals surface area contributed by atoms with Gasteiger partial charge in [-0.05, 0) is 10.8 Å². The number of rotatable bonds is 4. The Hall–Kier alpha value is -1.67. The maximum Gasteiger partial charge on any atom is -0.109 e. The Bertz CT molecular complexity index is 1570. The van der Waals surface area contributed by atoms with E-state index < -0.39 is 0 Å². The summed E-state index contributed by atoms with van der Waals surface area (Å²) < 4.78 is 1.77. The van der Waals surface area contributed by atoms with Gasteiger partial charge in [-0.25, -0.2) is 12.2 Å². The first kappa shape index (κ1) is 42.5. The third kappa shape index (κ3) is 11.4. The molecule has 258 valence electrons. The minimum absolute atomic E-state index is 0. The monoisotopic (exact) mass is 850 g/mol. The molecule has 0 spiro atoms. The van der Waals surface area contributed by atoms with Gasteiger partial charge in [0.15, 0.2) is 0 Å². The van der Waals surface area contributed by atoms with Gasteiger partial charge < -0.3 is 0 Å². The van der Waals surface area contributed by atoms with Crippen molar-refractivity contribution in [1.82, 2.24) is 0 Å². The Labute approximate surface area is 320 Å². The third-order valence-electron chi connectivity index (χ3n) is 9.66. The van der Waals surface area contributed by atoms with Gasteiger partial charge in [0.25, 0.3) is 0 Å². The van der Waals surface area contributed by atoms with E-state index in [0.29, 0.717) is 11.8 Å². The summed E-state index contributed by atoms with van der Waals surface area (Å²) in [5.74, 6) is 2.15. The molecule has 0 amide bonds. The Morgan fingerprint density at radius 3 is 1.54 bits per heavy atom. The van der Waals surface area contributed by atoms with Crippen molar-refractivity contribution in [2.24, 2.45) is 5.92 Å². The van der Waals surface area contributed by atoms with Crippen LogP contribution in [0.25, 0.3) is 21.5 Å². The summed E-state index contributed by atoms with van der Waals surface area (Å²) in [5.41, 5.74) is 7.83. The van der Waals surface area contributed by atoms with Gasteiger partial charge in [-0.3, -0.25) is 6.08 Å². The number of benzene rings is 3. The van der Waals surface area contributed by atoms with Gasteiger partial charge >= 0.3 is 140 Å². The van der Waals surface area contributed by atoms with Crippen LogP contribution in [0.4, 0.5) is 0 Å². The van der Waals surface area contributed by atoms with Crippen molar-refractivity contribution in [2.45, 2.75) is 130 Å². The Morgan fingerprint density at radius 2 is 1.19 bits per heavy atom. The summed E-state index contributed by atoms with van der Waals surface area (Å²) in [6.45, 7) is 22.9. The topological polar surface area (TPSA) is 0 Å². The molecule has 3 heteroatoms. The maximum absolute atomic E-state index is 2.99. The van der Waals surface area contributed by atoms with E-state index in [1.54, 1.807) is 8.82 Å². The average molecular weight is 850 g/mol. The van der Waals surface area contributed by atoms with E-state index in [0.717, 1.165) is 12.3 Å². The summed E-state index contributed by atoms with van der Waals surface area (Å²) in [6, 6.07) is 23.6. The third-order valence-corrected chi connectivity index (χ3v) is 12.2. The quantitative estimate of drug-likeness (QED) is 0.142. The van der Waals surface area contributed by atoms with Crippen molar-refractivity contribution in [3.05, 3.63) is 113 Å². The van der Waals surface area contributed by atoms with E-state index in [2.05, 4.69) is 142 Å². The van der Waals surface area contributed by atoms with Gasteiger partial charge in [0, 0.05) is 0 Å². The van der Waals surface area contributed by atoms with Crippen molar-refractivity contribution in [1.29, 1.82) is 0 Å². The van der Waals surface area contributed by atoms with Gasteiger partial charge in [-0.1, -0.05) is 76.9 Å². The SMILES string of the molecule is CC(C)(C)c1ccc2c(c1)[cH-]c1cc(C(C)(C)C)ccc12.CC(C)c1cc([C](=[Hf+2])C2CCCCC2)cc(C(C)C)c1.Cl.Cl.[C-]1=CC=CC1. The fourth-order valence-electron chi connectivity index (χ4n) is 6.42. The molecule has 0 radical (unpaired) electrons. The molecular weight excluding hydrogens is 790 g/mol. The van der Waals surface area contributed by atoms with Crippen LogP contribution in [0.5, 0.6) is 0 Å². The Morgan fingerprint density at radius 1 is 0.708 bits per heavy atom. The van der Waals surface area contributed by atoms with Crippen molar-refractivity contribution in [3.63, 3.8) is 0 Å². The second-order valence-corrected chi connectivity index (χ2v) is 18.1. The number of hydrogen-bond acceptors (Lipinski definition) is 0. The predicted molar refractivity (Wildman–Crippen MR) is 216 cm³/mol. The zero-order valence-electron chi connectivity index (χ0n) is 31.3. The molecule has 0 heterocycles. The second kappa shape index (κ2) is 18.5. The van der Waals surface area contributed by atoms with Crippen LogP contribution in [-0.4, -0.2) is 3.26 Å². The molecule has 2 aliphatic rings. The van der Waals surface area contributed by atoms with Crippen LogP contribution < -0.4 is 0 Å². The molecule has 0 atom stereocenters. The van der Waals surface area contributed by atoms with Crippen LogP contribution in [-0.2, 0) is 34.7 Å². The molecule has 0 N–H and O–H groups in total. The van der Waals surface area contributed by atoms with Crippen LogP contribution in [0.1, 0.15) is 147 Å². The molecule has 4 aromatic rings. The molecule has 0 bridgehead atoms. The van der Waals surface area contributed by atoms with Crippen molar-refractivity contribution < 1.29 is 23.9 Å². The first-order chi connectivity index (χ1) is 21.6. The average Bonchev–Trinajstić information content (AvgIpc) is 3.72.